The molecule has 0 bridgehead atoms. The van der Waals surface area contributed by atoms with Crippen LogP contribution in [0.2, 0.25) is 0 Å². The van der Waals surface area contributed by atoms with Gasteiger partial charge in [-0.2, -0.15) is 0 Å². The van der Waals surface area contributed by atoms with Crippen LogP contribution in [-0.4, -0.2) is 25.7 Å². The first-order chi connectivity index (χ1) is 9.01. The average Bonchev–Trinajstić information content (AvgIpc) is 3.18. The van der Waals surface area contributed by atoms with Gasteiger partial charge in [0.2, 0.25) is 0 Å². The van der Waals surface area contributed by atoms with E-state index in [1.807, 2.05) is 13.2 Å². The van der Waals surface area contributed by atoms with Crippen LogP contribution < -0.4 is 10.1 Å². The van der Waals surface area contributed by atoms with E-state index in [0.717, 1.165) is 30.2 Å². The van der Waals surface area contributed by atoms with Gasteiger partial charge in [-0.15, -0.1) is 0 Å². The lowest BCUT2D eigenvalue weighted by Crippen LogP contribution is -2.34. The lowest BCUT2D eigenvalue weighted by atomic mass is 9.79. The molecule has 1 N–H and O–H groups in total. The predicted molar refractivity (Wildman–Crippen MR) is 78.7 cm³/mol. The summed E-state index contributed by atoms with van der Waals surface area (Å²) in [6, 6.07) is 0. The molecule has 0 aliphatic heterocycles. The molecule has 1 heterocycles. The van der Waals surface area contributed by atoms with Crippen molar-refractivity contribution in [2.24, 2.45) is 11.3 Å². The number of methoxy groups -OCH3 is 1. The molecule has 2 rings (SSSR count). The highest BCUT2D eigenvalue weighted by Gasteiger charge is 2.41. The van der Waals surface area contributed by atoms with Crippen molar-refractivity contribution < 1.29 is 4.74 Å². The third kappa shape index (κ3) is 2.92. The number of hydrogen-bond acceptors (Lipinski definition) is 3. The lowest BCUT2D eigenvalue weighted by Gasteiger charge is -2.30. The fraction of sp³-hybridized carbons (Fsp3) is 0.688. The number of nitrogens with zero attached hydrogens (tertiary/aromatic N) is 1. The Morgan fingerprint density at radius 1 is 1.42 bits per heavy atom. The summed E-state index contributed by atoms with van der Waals surface area (Å²) in [5, 5.41) is 3.35. The van der Waals surface area contributed by atoms with Crippen molar-refractivity contribution in [3.05, 3.63) is 23.0 Å². The second kappa shape index (κ2) is 5.49. The van der Waals surface area contributed by atoms with E-state index >= 15 is 0 Å². The summed E-state index contributed by atoms with van der Waals surface area (Å²) in [7, 11) is 3.78. The third-order valence-electron chi connectivity index (χ3n) is 4.46. The van der Waals surface area contributed by atoms with Crippen molar-refractivity contribution in [1.29, 1.82) is 0 Å². The van der Waals surface area contributed by atoms with Crippen molar-refractivity contribution in [3.63, 3.8) is 0 Å². The first-order valence-electron chi connectivity index (χ1n) is 7.15. The van der Waals surface area contributed by atoms with E-state index in [1.165, 1.54) is 24.1 Å². The lowest BCUT2D eigenvalue weighted by molar-refractivity contribution is 0.259. The Morgan fingerprint density at radius 3 is 2.63 bits per heavy atom. The summed E-state index contributed by atoms with van der Waals surface area (Å²) in [6.45, 7) is 7.61. The normalized spacial score (nSPS) is 18.2. The molecule has 3 heteroatoms. The second-order valence-electron chi connectivity index (χ2n) is 6.18. The van der Waals surface area contributed by atoms with Gasteiger partial charge in [0.1, 0.15) is 5.75 Å². The molecule has 0 aromatic carbocycles. The highest BCUT2D eigenvalue weighted by atomic mass is 16.5. The molecule has 106 valence electrons. The molecule has 0 amide bonds. The first kappa shape index (κ1) is 14.3. The molecule has 0 saturated heterocycles. The van der Waals surface area contributed by atoms with Crippen LogP contribution in [0.3, 0.4) is 0 Å². The Hall–Kier alpha value is -1.09. The monoisotopic (exact) mass is 262 g/mol. The smallest absolute Gasteiger partial charge is 0.128 e. The van der Waals surface area contributed by atoms with Crippen LogP contribution >= 0.6 is 0 Å². The quantitative estimate of drug-likeness (QED) is 0.856. The average molecular weight is 262 g/mol. The number of aryl methyl sites for hydroxylation is 1. The molecule has 3 nitrogen and oxygen atoms in total. The molecule has 1 fully saturated rings. The molecule has 1 aromatic rings. The molecule has 0 spiro atoms. The van der Waals surface area contributed by atoms with Gasteiger partial charge in [0.05, 0.1) is 7.11 Å². The molecule has 1 aliphatic rings. The van der Waals surface area contributed by atoms with Crippen LogP contribution in [0.25, 0.3) is 0 Å². The van der Waals surface area contributed by atoms with E-state index in [0.29, 0.717) is 5.41 Å². The van der Waals surface area contributed by atoms with Crippen molar-refractivity contribution in [2.45, 2.75) is 40.0 Å². The van der Waals surface area contributed by atoms with Crippen LogP contribution in [-0.2, 0) is 6.42 Å². The fourth-order valence-electron chi connectivity index (χ4n) is 3.17. The van der Waals surface area contributed by atoms with Crippen molar-refractivity contribution in [1.82, 2.24) is 10.3 Å². The van der Waals surface area contributed by atoms with Crippen molar-refractivity contribution >= 4 is 0 Å². The molecule has 1 aromatic heterocycles. The van der Waals surface area contributed by atoms with Crippen LogP contribution in [0.15, 0.2) is 6.20 Å². The van der Waals surface area contributed by atoms with Gasteiger partial charge in [0.25, 0.3) is 0 Å². The molecule has 1 unspecified atom stereocenters. The van der Waals surface area contributed by atoms with E-state index in [-0.39, 0.29) is 0 Å². The Balaban J connectivity index is 2.27. The minimum atomic E-state index is 0.312. The Morgan fingerprint density at radius 2 is 2.11 bits per heavy atom. The van der Waals surface area contributed by atoms with Gasteiger partial charge >= 0.3 is 0 Å². The van der Waals surface area contributed by atoms with Crippen LogP contribution in [0.1, 0.15) is 36.6 Å². The maximum absolute atomic E-state index is 5.51. The van der Waals surface area contributed by atoms with Crippen molar-refractivity contribution in [2.75, 3.05) is 20.7 Å². The molecule has 1 aliphatic carbocycles. The highest BCUT2D eigenvalue weighted by Crippen LogP contribution is 2.47. The standard InChI is InChI=1S/C16H26N2O/c1-11-9-18-14(12(2)15(11)19-5)8-16(3,10-17-4)13-6-7-13/h9,13,17H,6-8,10H2,1-5H3. The van der Waals surface area contributed by atoms with E-state index in [4.69, 9.17) is 4.74 Å². The number of ether oxygens (including phenoxy) is 1. The largest absolute Gasteiger partial charge is 0.496 e. The zero-order chi connectivity index (χ0) is 14.0. The topological polar surface area (TPSA) is 34.2 Å². The van der Waals surface area contributed by atoms with E-state index in [1.54, 1.807) is 7.11 Å². The van der Waals surface area contributed by atoms with Gasteiger partial charge in [-0.1, -0.05) is 6.92 Å². The number of rotatable bonds is 6. The second-order valence-corrected chi connectivity index (χ2v) is 6.18. The summed E-state index contributed by atoms with van der Waals surface area (Å²) < 4.78 is 5.51. The molecule has 1 saturated carbocycles. The van der Waals surface area contributed by atoms with Gasteiger partial charge in [-0.3, -0.25) is 4.98 Å². The molecular formula is C16H26N2O. The van der Waals surface area contributed by atoms with Gasteiger partial charge in [0, 0.05) is 29.6 Å². The predicted octanol–water partition coefficient (Wildman–Crippen LogP) is 2.89. The Kier molecular flexibility index (Phi) is 4.14. The van der Waals surface area contributed by atoms with Gasteiger partial charge in [0.15, 0.2) is 0 Å². The first-order valence-corrected chi connectivity index (χ1v) is 7.15. The van der Waals surface area contributed by atoms with Crippen LogP contribution in [0.4, 0.5) is 0 Å². The number of pyridine rings is 1. The van der Waals surface area contributed by atoms with Crippen molar-refractivity contribution in [3.8, 4) is 5.75 Å². The van der Waals surface area contributed by atoms with Gasteiger partial charge in [-0.25, -0.2) is 0 Å². The van der Waals surface area contributed by atoms with E-state index < -0.39 is 0 Å². The minimum Gasteiger partial charge on any atom is -0.496 e. The van der Waals surface area contributed by atoms with Gasteiger partial charge < -0.3 is 10.1 Å². The summed E-state index contributed by atoms with van der Waals surface area (Å²) in [5.41, 5.74) is 3.82. The van der Waals surface area contributed by atoms with E-state index in [9.17, 15) is 0 Å². The summed E-state index contributed by atoms with van der Waals surface area (Å²) >= 11 is 0. The molecule has 1 atom stereocenters. The summed E-state index contributed by atoms with van der Waals surface area (Å²) in [4.78, 5) is 4.66. The Labute approximate surface area is 116 Å². The highest BCUT2D eigenvalue weighted by molar-refractivity contribution is 5.41. The van der Waals surface area contributed by atoms with E-state index in [2.05, 4.69) is 31.1 Å². The SMILES string of the molecule is CNCC(C)(Cc1ncc(C)c(OC)c1C)C1CC1. The molecule has 19 heavy (non-hydrogen) atoms. The minimum absolute atomic E-state index is 0.312. The van der Waals surface area contributed by atoms with Gasteiger partial charge in [-0.05, 0) is 51.5 Å². The molecular weight excluding hydrogens is 236 g/mol. The summed E-state index contributed by atoms with van der Waals surface area (Å²) in [5.74, 6) is 1.83. The maximum atomic E-state index is 5.51. The third-order valence-corrected chi connectivity index (χ3v) is 4.46. The number of hydrogen-bond donors (Lipinski definition) is 1. The van der Waals surface area contributed by atoms with Crippen LogP contribution in [0, 0.1) is 25.2 Å². The maximum Gasteiger partial charge on any atom is 0.128 e. The summed E-state index contributed by atoms with van der Waals surface area (Å²) in [6.07, 6.45) is 5.69. The molecule has 0 radical (unpaired) electrons. The number of nitrogens with one attached hydrogen (secondary N) is 1. The Bertz CT molecular complexity index is 454. The fourth-order valence-corrected chi connectivity index (χ4v) is 3.17. The number of aromatic nitrogens is 1. The van der Waals surface area contributed by atoms with Crippen LogP contribution in [0.5, 0.6) is 5.75 Å². The zero-order valence-corrected chi connectivity index (χ0v) is 12.8. The zero-order valence-electron chi connectivity index (χ0n) is 12.8.